The third-order valence-corrected chi connectivity index (χ3v) is 18.4. The van der Waals surface area contributed by atoms with Crippen LogP contribution < -0.4 is 3.58 Å². The Morgan fingerprint density at radius 2 is 1.16 bits per heavy atom. The van der Waals surface area contributed by atoms with Crippen LogP contribution in [0.3, 0.4) is 0 Å². The number of hydrogen-bond acceptors (Lipinski definition) is 0. The molecule has 0 spiro atoms. The van der Waals surface area contributed by atoms with Crippen LogP contribution in [-0.2, 0) is 9.85 Å². The second-order valence-corrected chi connectivity index (χ2v) is 20.6. The molecule has 128 valence electrons. The molecule has 0 aliphatic rings. The number of rotatable bonds is 6. The molecule has 0 heterocycles. The summed E-state index contributed by atoms with van der Waals surface area (Å²) in [4.78, 5) is 2.63. The molecule has 0 nitrogen and oxygen atoms in total. The fourth-order valence-corrected chi connectivity index (χ4v) is 17.9. The van der Waals surface area contributed by atoms with Crippen LogP contribution >= 0.6 is 0 Å². The van der Waals surface area contributed by atoms with Crippen LogP contribution in [-0.4, -0.2) is 18.4 Å². The van der Waals surface area contributed by atoms with Crippen molar-refractivity contribution in [3.63, 3.8) is 0 Å². The molecule has 0 radical (unpaired) electrons. The van der Waals surface area contributed by atoms with Gasteiger partial charge in [0.15, 0.2) is 0 Å². The second kappa shape index (κ2) is 7.78. The van der Waals surface area contributed by atoms with Crippen LogP contribution in [0.15, 0.2) is 91.0 Å². The number of hydrogen-bond donors (Lipinski definition) is 0. The monoisotopic (exact) mass is 436 g/mol. The molecule has 3 aromatic carbocycles. The third-order valence-electron chi connectivity index (χ3n) is 5.30. The Balaban J connectivity index is 1.97. The van der Waals surface area contributed by atoms with Gasteiger partial charge in [0.2, 0.25) is 0 Å². The van der Waals surface area contributed by atoms with Crippen molar-refractivity contribution < 1.29 is 0 Å². The second-order valence-electron chi connectivity index (χ2n) is 8.02. The van der Waals surface area contributed by atoms with Crippen molar-refractivity contribution in [2.24, 2.45) is 0 Å². The topological polar surface area (TPSA) is 0 Å². The summed E-state index contributed by atoms with van der Waals surface area (Å²) in [6, 6.07) is 33.4. The van der Waals surface area contributed by atoms with Crippen molar-refractivity contribution in [2.45, 2.75) is 33.1 Å². The van der Waals surface area contributed by atoms with E-state index in [4.69, 9.17) is 0 Å². The van der Waals surface area contributed by atoms with Crippen molar-refractivity contribution in [3.05, 3.63) is 102 Å². The van der Waals surface area contributed by atoms with Crippen LogP contribution in [0.25, 0.3) is 0 Å². The Morgan fingerprint density at radius 1 is 0.680 bits per heavy atom. The first-order valence-corrected chi connectivity index (χ1v) is 17.5. The van der Waals surface area contributed by atoms with Gasteiger partial charge in [0.25, 0.3) is 0 Å². The van der Waals surface area contributed by atoms with Crippen LogP contribution in [0.4, 0.5) is 0 Å². The minimum atomic E-state index is -2.59. The number of benzene rings is 3. The fraction of sp³-hybridized carbons (Fsp3) is 0.250. The standard InChI is InChI=1S/C10H13.C7H7.C6H5.CH3.Sn/c1-10(2,3)9-7-5-4-6-8-9;1-7-5-3-2-4-6-7;1-2-4-6-5-3-1;;/h4-8H,1H2,2-3H3;2-6H,1H2;1-5H;1H3;. The molecule has 1 heteroatoms. The molecule has 0 saturated carbocycles. The molecule has 3 rings (SSSR count). The molecular formula is C24H28Sn. The molecule has 0 bridgehead atoms. The van der Waals surface area contributed by atoms with E-state index in [1.165, 1.54) is 20.0 Å². The van der Waals surface area contributed by atoms with E-state index in [-0.39, 0.29) is 5.41 Å². The average molecular weight is 435 g/mol. The molecule has 0 fully saturated rings. The zero-order valence-corrected chi connectivity index (χ0v) is 18.4. The van der Waals surface area contributed by atoms with Gasteiger partial charge in [0.1, 0.15) is 0 Å². The van der Waals surface area contributed by atoms with Gasteiger partial charge in [-0.25, -0.2) is 0 Å². The van der Waals surface area contributed by atoms with Gasteiger partial charge >= 0.3 is 157 Å². The quantitative estimate of drug-likeness (QED) is 0.434. The zero-order chi connectivity index (χ0) is 17.8. The van der Waals surface area contributed by atoms with Gasteiger partial charge in [-0.2, -0.15) is 0 Å². The first-order chi connectivity index (χ1) is 12.0. The molecule has 1 atom stereocenters. The van der Waals surface area contributed by atoms with E-state index < -0.39 is 18.4 Å². The van der Waals surface area contributed by atoms with Gasteiger partial charge in [-0.15, -0.1) is 0 Å². The molecule has 0 saturated heterocycles. The van der Waals surface area contributed by atoms with Gasteiger partial charge in [-0.05, 0) is 0 Å². The third kappa shape index (κ3) is 4.55. The normalized spacial score (nSPS) is 14.0. The Bertz CT molecular complexity index is 778. The predicted molar refractivity (Wildman–Crippen MR) is 112 cm³/mol. The summed E-state index contributed by atoms with van der Waals surface area (Å²) < 4.78 is 4.20. The first kappa shape index (κ1) is 18.3. The van der Waals surface area contributed by atoms with Crippen molar-refractivity contribution in [2.75, 3.05) is 0 Å². The zero-order valence-electron chi connectivity index (χ0n) is 15.6. The van der Waals surface area contributed by atoms with Gasteiger partial charge < -0.3 is 0 Å². The van der Waals surface area contributed by atoms with E-state index in [0.717, 1.165) is 0 Å². The van der Waals surface area contributed by atoms with Crippen LogP contribution in [0.2, 0.25) is 9.38 Å². The van der Waals surface area contributed by atoms with Crippen LogP contribution in [0.1, 0.15) is 25.0 Å². The Kier molecular flexibility index (Phi) is 5.68. The van der Waals surface area contributed by atoms with Crippen molar-refractivity contribution in [3.8, 4) is 0 Å². The maximum absolute atomic E-state index is 2.63. The van der Waals surface area contributed by atoms with Gasteiger partial charge in [0, 0.05) is 0 Å². The van der Waals surface area contributed by atoms with Crippen molar-refractivity contribution >= 4 is 22.0 Å². The summed E-state index contributed by atoms with van der Waals surface area (Å²) in [7, 11) is 0. The summed E-state index contributed by atoms with van der Waals surface area (Å²) in [5.74, 6) is 0. The van der Waals surface area contributed by atoms with E-state index in [2.05, 4.69) is 110 Å². The average Bonchev–Trinajstić information content (AvgIpc) is 2.63. The summed E-state index contributed by atoms with van der Waals surface area (Å²) in [5.41, 5.74) is 3.16. The first-order valence-electron chi connectivity index (χ1n) is 9.15. The van der Waals surface area contributed by atoms with Crippen molar-refractivity contribution in [1.82, 2.24) is 0 Å². The molecule has 0 aliphatic heterocycles. The summed E-state index contributed by atoms with van der Waals surface area (Å²) in [6.07, 6.45) is 0. The van der Waals surface area contributed by atoms with Crippen LogP contribution in [0, 0.1) is 0 Å². The van der Waals surface area contributed by atoms with Gasteiger partial charge in [-0.3, -0.25) is 0 Å². The molecular weight excluding hydrogens is 407 g/mol. The molecule has 0 aliphatic carbocycles. The van der Waals surface area contributed by atoms with Crippen molar-refractivity contribution in [1.29, 1.82) is 0 Å². The van der Waals surface area contributed by atoms with E-state index in [0.29, 0.717) is 0 Å². The minimum absolute atomic E-state index is 0.205. The van der Waals surface area contributed by atoms with Gasteiger partial charge in [-0.1, -0.05) is 0 Å². The summed E-state index contributed by atoms with van der Waals surface area (Å²) in [6.45, 7) is 4.84. The molecule has 25 heavy (non-hydrogen) atoms. The van der Waals surface area contributed by atoms with E-state index in [1.54, 1.807) is 3.58 Å². The Morgan fingerprint density at radius 3 is 1.72 bits per heavy atom. The molecule has 1 unspecified atom stereocenters. The molecule has 0 amide bonds. The summed E-state index contributed by atoms with van der Waals surface area (Å²) in [5, 5.41) is 0. The van der Waals surface area contributed by atoms with Gasteiger partial charge in [0.05, 0.1) is 0 Å². The van der Waals surface area contributed by atoms with Crippen LogP contribution in [0.5, 0.6) is 0 Å². The SMILES string of the molecule is CC(C)([CH2][Sn]([CH3])([CH2]c1ccccc1)[c]1ccccc1)c1ccccc1. The summed E-state index contributed by atoms with van der Waals surface area (Å²) >= 11 is -2.59. The van der Waals surface area contributed by atoms with E-state index in [9.17, 15) is 0 Å². The fourth-order valence-electron chi connectivity index (χ4n) is 4.12. The van der Waals surface area contributed by atoms with E-state index >= 15 is 0 Å². The molecule has 0 N–H and O–H groups in total. The molecule has 0 aromatic heterocycles. The Hall–Kier alpha value is -1.54. The Labute approximate surface area is 156 Å². The molecule has 3 aromatic rings. The van der Waals surface area contributed by atoms with E-state index in [1.807, 2.05) is 0 Å². The predicted octanol–water partition coefficient (Wildman–Crippen LogP) is 5.73. The maximum atomic E-state index is 2.63.